The van der Waals surface area contributed by atoms with Crippen LogP contribution >= 0.6 is 22.7 Å². The van der Waals surface area contributed by atoms with E-state index in [1.807, 2.05) is 53.2 Å². The number of amides is 5. The lowest BCUT2D eigenvalue weighted by molar-refractivity contribution is -0.120. The number of rotatable bonds is 15. The summed E-state index contributed by atoms with van der Waals surface area (Å²) in [7, 11) is 6.00. The van der Waals surface area contributed by atoms with E-state index in [-0.39, 0.29) is 48.1 Å². The predicted octanol–water partition coefficient (Wildman–Crippen LogP) is 8.74. The third-order valence-electron chi connectivity index (χ3n) is 11.4. The van der Waals surface area contributed by atoms with Gasteiger partial charge in [-0.05, 0) is 82.6 Å². The first-order valence-electron chi connectivity index (χ1n) is 21.2. The lowest BCUT2D eigenvalue weighted by Crippen LogP contribution is -2.47. The zero-order valence-electron chi connectivity index (χ0n) is 37.4. The van der Waals surface area contributed by atoms with Gasteiger partial charge in [0.05, 0.1) is 56.9 Å². The number of thiophene rings is 2. The quantitative estimate of drug-likeness (QED) is 0.0913. The summed E-state index contributed by atoms with van der Waals surface area (Å²) >= 11 is 2.96. The van der Waals surface area contributed by atoms with Crippen molar-refractivity contribution >= 4 is 69.3 Å². The Labute approximate surface area is 395 Å². The fourth-order valence-corrected chi connectivity index (χ4v) is 10.1. The largest absolute Gasteiger partial charge is 0.497 e. The molecule has 0 saturated heterocycles. The van der Waals surface area contributed by atoms with Crippen LogP contribution in [0.4, 0.5) is 21.5 Å². The van der Waals surface area contributed by atoms with Crippen LogP contribution in [0.5, 0.6) is 11.5 Å². The number of nitrogens with zero attached hydrogens (tertiary/aromatic N) is 2. The minimum absolute atomic E-state index is 0.0553. The van der Waals surface area contributed by atoms with E-state index < -0.39 is 35.6 Å². The molecule has 0 radical (unpaired) electrons. The molecule has 0 fully saturated rings. The fourth-order valence-electron chi connectivity index (χ4n) is 8.39. The summed E-state index contributed by atoms with van der Waals surface area (Å²) in [6, 6.07) is 30.8. The topological polar surface area (TPSA) is 165 Å². The second-order valence-electron chi connectivity index (χ2n) is 15.5. The van der Waals surface area contributed by atoms with E-state index in [1.54, 1.807) is 79.8 Å². The van der Waals surface area contributed by atoms with Gasteiger partial charge in [-0.15, -0.1) is 22.7 Å². The molecule has 0 spiro atoms. The molecule has 0 saturated carbocycles. The van der Waals surface area contributed by atoms with E-state index in [0.29, 0.717) is 52.7 Å². The molecule has 8 rings (SSSR count). The number of nitrogens with one attached hydrogen (secondary N) is 3. The van der Waals surface area contributed by atoms with E-state index >= 15 is 4.39 Å². The van der Waals surface area contributed by atoms with Crippen molar-refractivity contribution in [1.82, 2.24) is 9.80 Å². The number of hydrogen-bond acceptors (Lipinski definition) is 11. The molecule has 2 aliphatic heterocycles. The molecule has 2 aliphatic rings. The predicted molar refractivity (Wildman–Crippen MR) is 256 cm³/mol. The minimum Gasteiger partial charge on any atom is -0.497 e. The third-order valence-corrected chi connectivity index (χ3v) is 13.3. The van der Waals surface area contributed by atoms with Crippen molar-refractivity contribution < 1.29 is 47.3 Å². The summed E-state index contributed by atoms with van der Waals surface area (Å²) in [5.74, 6) is -3.06. The molecule has 14 nitrogen and oxygen atoms in total. The first kappa shape index (κ1) is 48.0. The molecule has 5 amide bonds. The van der Waals surface area contributed by atoms with Crippen molar-refractivity contribution in [2.24, 2.45) is 0 Å². The van der Waals surface area contributed by atoms with E-state index in [1.165, 1.54) is 54.8 Å². The molecule has 0 bridgehead atoms. The Morgan fingerprint density at radius 1 is 0.612 bits per heavy atom. The Kier molecular flexibility index (Phi) is 15.8. The highest BCUT2D eigenvalue weighted by Gasteiger charge is 2.47. The third kappa shape index (κ3) is 10.5. The van der Waals surface area contributed by atoms with Crippen molar-refractivity contribution in [3.05, 3.63) is 158 Å². The van der Waals surface area contributed by atoms with Gasteiger partial charge in [0.15, 0.2) is 11.6 Å². The molecule has 6 aromatic rings. The Hall–Kier alpha value is -6.92. The molecule has 2 aromatic heterocycles. The lowest BCUT2D eigenvalue weighted by Gasteiger charge is -2.41. The molecule has 348 valence electrons. The molecule has 67 heavy (non-hydrogen) atoms. The molecule has 3 N–H and O–H groups in total. The minimum atomic E-state index is -0.866. The summed E-state index contributed by atoms with van der Waals surface area (Å²) in [6.45, 7) is 2.61. The summed E-state index contributed by atoms with van der Waals surface area (Å²) in [5.41, 5.74) is 3.19. The Morgan fingerprint density at radius 3 is 1.73 bits per heavy atom. The average Bonchev–Trinajstić information content (AvgIpc) is 4.08. The van der Waals surface area contributed by atoms with Crippen LogP contribution in [-0.2, 0) is 23.9 Å². The van der Waals surface area contributed by atoms with Gasteiger partial charge in [-0.1, -0.05) is 42.5 Å². The van der Waals surface area contributed by atoms with Crippen LogP contribution in [0.15, 0.2) is 120 Å². The number of hydrogen-bond donors (Lipinski definition) is 3. The van der Waals surface area contributed by atoms with Crippen molar-refractivity contribution in [3.8, 4) is 11.5 Å². The van der Waals surface area contributed by atoms with Gasteiger partial charge >= 0.3 is 0 Å². The highest BCUT2D eigenvalue weighted by Crippen LogP contribution is 2.47. The van der Waals surface area contributed by atoms with Crippen molar-refractivity contribution in [2.75, 3.05) is 70.7 Å². The van der Waals surface area contributed by atoms with Crippen LogP contribution in [0, 0.1) is 5.82 Å². The smallest absolute Gasteiger partial charge is 0.257 e. The second-order valence-corrected chi connectivity index (χ2v) is 17.4. The van der Waals surface area contributed by atoms with Crippen LogP contribution in [0.1, 0.15) is 72.4 Å². The normalized spacial score (nSPS) is 17.3. The van der Waals surface area contributed by atoms with Crippen molar-refractivity contribution in [3.63, 3.8) is 0 Å². The standard InChI is InChI=1S/C25H25FN2O5S.C25H25N3O4S/c1-31-12-11-28-23(19-8-5-13-34-19)21(24(29)27-15-6-4-7-16(14-15)32-2)17-9-10-18(33-3)22(26)20(17)25(28)30;1-16(29)26-17-9-11-18(12-10-17)27-24(30)22-19-6-3-4-7-20(19)25(31)28(13-14-32-2)23(22)21-8-5-15-33-21/h4-10,13-14,21,23H,11-12H2,1-3H3,(H,27,29);3-12,15,22-23H,13-14H2,1-2H3,(H,26,29)(H,27,30). The summed E-state index contributed by atoms with van der Waals surface area (Å²) in [4.78, 5) is 70.6. The first-order chi connectivity index (χ1) is 32.5. The first-order valence-corrected chi connectivity index (χ1v) is 23.0. The SMILES string of the molecule is COCCN1C(=O)c2c(ccc(OC)c2F)C(C(=O)Nc2cccc(OC)c2)C1c1cccs1.COCCN1C(=O)c2ccccc2C(C(=O)Nc2ccc(NC(C)=O)cc2)C1c1cccs1. The number of carbonyl (C=O) groups excluding carboxylic acids is 5. The highest BCUT2D eigenvalue weighted by atomic mass is 32.1. The van der Waals surface area contributed by atoms with Crippen LogP contribution in [0.2, 0.25) is 0 Å². The number of ether oxygens (including phenoxy) is 4. The molecule has 17 heteroatoms. The van der Waals surface area contributed by atoms with E-state index in [0.717, 1.165) is 9.75 Å². The zero-order valence-corrected chi connectivity index (χ0v) is 39.1. The second kappa shape index (κ2) is 22.0. The number of halogens is 1. The number of benzene rings is 4. The van der Waals surface area contributed by atoms with Crippen LogP contribution in [0.3, 0.4) is 0 Å². The number of anilines is 3. The monoisotopic (exact) mass is 947 g/mol. The Bertz CT molecular complexity index is 2700. The van der Waals surface area contributed by atoms with Gasteiger partial charge < -0.3 is 44.7 Å². The van der Waals surface area contributed by atoms with Gasteiger partial charge in [-0.3, -0.25) is 24.0 Å². The molecular formula is C50H50FN5O9S2. The fraction of sp³-hybridized carbons (Fsp3) is 0.260. The molecule has 4 atom stereocenters. The summed E-state index contributed by atoms with van der Waals surface area (Å²) in [5, 5.41) is 12.5. The summed E-state index contributed by atoms with van der Waals surface area (Å²) in [6.07, 6.45) is 0. The average molecular weight is 948 g/mol. The van der Waals surface area contributed by atoms with Crippen molar-refractivity contribution in [2.45, 2.75) is 30.8 Å². The Morgan fingerprint density at radius 2 is 1.18 bits per heavy atom. The van der Waals surface area contributed by atoms with Crippen LogP contribution < -0.4 is 25.4 Å². The maximum absolute atomic E-state index is 15.4. The van der Waals surface area contributed by atoms with Gasteiger partial charge in [-0.2, -0.15) is 0 Å². The van der Waals surface area contributed by atoms with Gasteiger partial charge in [0.2, 0.25) is 17.7 Å². The maximum Gasteiger partial charge on any atom is 0.257 e. The zero-order chi connectivity index (χ0) is 47.6. The Balaban J connectivity index is 0.000000199. The molecule has 4 heterocycles. The van der Waals surface area contributed by atoms with Gasteiger partial charge in [0.25, 0.3) is 11.8 Å². The molecular weight excluding hydrogens is 898 g/mol. The van der Waals surface area contributed by atoms with Crippen LogP contribution in [-0.4, -0.2) is 94.1 Å². The molecule has 4 unspecified atom stereocenters. The van der Waals surface area contributed by atoms with E-state index in [4.69, 9.17) is 18.9 Å². The molecule has 4 aromatic carbocycles. The number of fused-ring (bicyclic) bond motifs is 2. The molecule has 0 aliphatic carbocycles. The lowest BCUT2D eigenvalue weighted by atomic mass is 9.81. The number of carbonyl (C=O) groups is 5. The van der Waals surface area contributed by atoms with Gasteiger partial charge in [-0.25, -0.2) is 4.39 Å². The number of methoxy groups -OCH3 is 4. The van der Waals surface area contributed by atoms with E-state index in [9.17, 15) is 24.0 Å². The van der Waals surface area contributed by atoms with E-state index in [2.05, 4.69) is 16.0 Å². The van der Waals surface area contributed by atoms with Crippen LogP contribution in [0.25, 0.3) is 0 Å². The maximum atomic E-state index is 15.4. The summed E-state index contributed by atoms with van der Waals surface area (Å²) < 4.78 is 36.2. The van der Waals surface area contributed by atoms with Gasteiger partial charge in [0, 0.05) is 72.7 Å². The van der Waals surface area contributed by atoms with Gasteiger partial charge in [0.1, 0.15) is 5.75 Å². The van der Waals surface area contributed by atoms with Crippen molar-refractivity contribution in [1.29, 1.82) is 0 Å². The highest BCUT2D eigenvalue weighted by molar-refractivity contribution is 7.10.